The molecule has 3 aromatic rings. The van der Waals surface area contributed by atoms with Gasteiger partial charge in [-0.3, -0.25) is 4.79 Å². The average Bonchev–Trinajstić information content (AvgIpc) is 2.76. The van der Waals surface area contributed by atoms with Crippen molar-refractivity contribution in [3.8, 4) is 11.5 Å². The molecule has 3 rings (SSSR count). The maximum absolute atomic E-state index is 12.4. The van der Waals surface area contributed by atoms with E-state index in [0.717, 1.165) is 5.56 Å². The number of ether oxygens (including phenoxy) is 2. The van der Waals surface area contributed by atoms with Crippen molar-refractivity contribution >= 4 is 29.7 Å². The van der Waals surface area contributed by atoms with E-state index in [2.05, 4.69) is 10.5 Å². The molecule has 0 unspecified atom stereocenters. The highest BCUT2D eigenvalue weighted by Crippen LogP contribution is 2.29. The molecule has 0 bridgehead atoms. The van der Waals surface area contributed by atoms with Crippen molar-refractivity contribution in [3.05, 3.63) is 94.5 Å². The summed E-state index contributed by atoms with van der Waals surface area (Å²) in [6.07, 6.45) is 1.73. The minimum Gasteiger partial charge on any atom is -0.490 e. The molecule has 0 aliphatic carbocycles. The maximum atomic E-state index is 12.4. The van der Waals surface area contributed by atoms with Gasteiger partial charge in [-0.2, -0.15) is 5.10 Å². The second-order valence-electron chi connectivity index (χ2n) is 6.46. The lowest BCUT2D eigenvalue weighted by atomic mass is 10.1. The van der Waals surface area contributed by atoms with Crippen molar-refractivity contribution in [1.29, 1.82) is 0 Å². The van der Waals surface area contributed by atoms with Crippen molar-refractivity contribution in [3.63, 3.8) is 0 Å². The number of benzene rings is 3. The van der Waals surface area contributed by atoms with Gasteiger partial charge in [-0.1, -0.05) is 54.1 Å². The van der Waals surface area contributed by atoms with Crippen LogP contribution in [0, 0.1) is 0 Å². The predicted octanol–water partition coefficient (Wildman–Crippen LogP) is 4.65. The first-order valence-electron chi connectivity index (χ1n) is 9.66. The third kappa shape index (κ3) is 6.42. The zero-order chi connectivity index (χ0) is 22.1. The molecule has 1 amide bonds. The zero-order valence-electron chi connectivity index (χ0n) is 16.9. The number of nitrogens with one attached hydrogen (secondary N) is 1. The summed E-state index contributed by atoms with van der Waals surface area (Å²) in [6, 6.07) is 21.0. The minimum atomic E-state index is -0.582. The Morgan fingerprint density at radius 1 is 1.00 bits per heavy atom. The Bertz CT molecular complexity index is 1080. The summed E-state index contributed by atoms with van der Waals surface area (Å²) in [5.74, 6) is -0.168. The van der Waals surface area contributed by atoms with E-state index >= 15 is 0 Å². The second-order valence-corrected chi connectivity index (χ2v) is 6.87. The standard InChI is InChI=1S/C24H21ClN2O4/c1-2-30-22-14-18(16-26-27-23(28)15-17-8-4-3-5-9-17)12-13-21(22)31-24(29)19-10-6-7-11-20(19)25/h3-14,16H,2,15H2,1H3,(H,27,28)/b26-16-. The molecule has 3 aromatic carbocycles. The summed E-state index contributed by atoms with van der Waals surface area (Å²) >= 11 is 6.06. The molecule has 0 aliphatic rings. The lowest BCUT2D eigenvalue weighted by Gasteiger charge is -2.12. The van der Waals surface area contributed by atoms with Crippen LogP contribution in [-0.4, -0.2) is 24.7 Å². The normalized spacial score (nSPS) is 10.6. The molecule has 0 saturated heterocycles. The molecule has 0 atom stereocenters. The average molecular weight is 437 g/mol. The predicted molar refractivity (Wildman–Crippen MR) is 120 cm³/mol. The molecule has 0 heterocycles. The van der Waals surface area contributed by atoms with Crippen LogP contribution < -0.4 is 14.9 Å². The molecule has 0 aliphatic heterocycles. The number of halogens is 1. The topological polar surface area (TPSA) is 77.0 Å². The zero-order valence-corrected chi connectivity index (χ0v) is 17.6. The Labute approximate surface area is 185 Å². The van der Waals surface area contributed by atoms with E-state index in [9.17, 15) is 9.59 Å². The lowest BCUT2D eigenvalue weighted by Crippen LogP contribution is -2.19. The van der Waals surface area contributed by atoms with Gasteiger partial charge in [0, 0.05) is 0 Å². The first kappa shape index (κ1) is 22.1. The smallest absolute Gasteiger partial charge is 0.345 e. The molecule has 0 spiro atoms. The van der Waals surface area contributed by atoms with Gasteiger partial charge >= 0.3 is 5.97 Å². The summed E-state index contributed by atoms with van der Waals surface area (Å²) in [7, 11) is 0. The molecule has 31 heavy (non-hydrogen) atoms. The number of carbonyl (C=O) groups is 2. The third-order valence-corrected chi connectivity index (χ3v) is 4.50. The van der Waals surface area contributed by atoms with E-state index in [1.807, 2.05) is 37.3 Å². The second kappa shape index (κ2) is 10.9. The summed E-state index contributed by atoms with van der Waals surface area (Å²) < 4.78 is 11.1. The molecule has 0 radical (unpaired) electrons. The van der Waals surface area contributed by atoms with Gasteiger partial charge in [0.05, 0.1) is 29.8 Å². The minimum absolute atomic E-state index is 0.224. The molecule has 7 heteroatoms. The quantitative estimate of drug-likeness (QED) is 0.241. The van der Waals surface area contributed by atoms with Gasteiger partial charge in [0.2, 0.25) is 5.91 Å². The fraction of sp³-hybridized carbons (Fsp3) is 0.125. The molecule has 158 valence electrons. The summed E-state index contributed by atoms with van der Waals surface area (Å²) in [5, 5.41) is 4.29. The van der Waals surface area contributed by atoms with E-state index < -0.39 is 5.97 Å². The highest BCUT2D eigenvalue weighted by atomic mass is 35.5. The first-order chi connectivity index (χ1) is 15.1. The van der Waals surface area contributed by atoms with Crippen molar-refractivity contribution in [1.82, 2.24) is 5.43 Å². The molecular formula is C24H21ClN2O4. The van der Waals surface area contributed by atoms with Crippen LogP contribution in [0.2, 0.25) is 5.02 Å². The number of nitrogens with zero attached hydrogens (tertiary/aromatic N) is 1. The van der Waals surface area contributed by atoms with Gasteiger partial charge in [0.1, 0.15) is 0 Å². The van der Waals surface area contributed by atoms with Crippen LogP contribution in [-0.2, 0) is 11.2 Å². The van der Waals surface area contributed by atoms with Crippen molar-refractivity contribution in [2.45, 2.75) is 13.3 Å². The van der Waals surface area contributed by atoms with E-state index in [1.54, 1.807) is 42.5 Å². The number of hydrogen-bond acceptors (Lipinski definition) is 5. The summed E-state index contributed by atoms with van der Waals surface area (Å²) in [5.41, 5.74) is 4.33. The molecule has 6 nitrogen and oxygen atoms in total. The molecule has 0 saturated carbocycles. The van der Waals surface area contributed by atoms with Gasteiger partial charge in [-0.25, -0.2) is 10.2 Å². The van der Waals surface area contributed by atoms with Crippen LogP contribution in [0.4, 0.5) is 0 Å². The Morgan fingerprint density at radius 3 is 2.48 bits per heavy atom. The molecule has 1 N–H and O–H groups in total. The van der Waals surface area contributed by atoms with Crippen LogP contribution >= 0.6 is 11.6 Å². The van der Waals surface area contributed by atoms with Crippen molar-refractivity contribution in [2.24, 2.45) is 5.10 Å². The maximum Gasteiger partial charge on any atom is 0.345 e. The monoisotopic (exact) mass is 436 g/mol. The molecule has 0 fully saturated rings. The highest BCUT2D eigenvalue weighted by Gasteiger charge is 2.15. The van der Waals surface area contributed by atoms with E-state index in [4.69, 9.17) is 21.1 Å². The Kier molecular flexibility index (Phi) is 7.79. The largest absolute Gasteiger partial charge is 0.490 e. The van der Waals surface area contributed by atoms with Crippen molar-refractivity contribution < 1.29 is 19.1 Å². The van der Waals surface area contributed by atoms with Crippen LogP contribution in [0.3, 0.4) is 0 Å². The van der Waals surface area contributed by atoms with E-state index in [-0.39, 0.29) is 23.6 Å². The number of hydrazone groups is 1. The number of hydrogen-bond donors (Lipinski definition) is 1. The van der Waals surface area contributed by atoms with Gasteiger partial charge in [-0.05, 0) is 48.4 Å². The molecular weight excluding hydrogens is 416 g/mol. The third-order valence-electron chi connectivity index (χ3n) is 4.17. The van der Waals surface area contributed by atoms with Crippen LogP contribution in [0.15, 0.2) is 77.9 Å². The Morgan fingerprint density at radius 2 is 1.74 bits per heavy atom. The fourth-order valence-corrected chi connectivity index (χ4v) is 2.95. The van der Waals surface area contributed by atoms with Crippen molar-refractivity contribution in [2.75, 3.05) is 6.61 Å². The Balaban J connectivity index is 1.66. The number of esters is 1. The van der Waals surface area contributed by atoms with Crippen LogP contribution in [0.5, 0.6) is 11.5 Å². The summed E-state index contributed by atoms with van der Waals surface area (Å²) in [6.45, 7) is 2.20. The fourth-order valence-electron chi connectivity index (χ4n) is 2.74. The van der Waals surface area contributed by atoms with E-state index in [1.165, 1.54) is 6.21 Å². The van der Waals surface area contributed by atoms with Crippen LogP contribution in [0.25, 0.3) is 0 Å². The van der Waals surface area contributed by atoms with Gasteiger partial charge in [-0.15, -0.1) is 0 Å². The van der Waals surface area contributed by atoms with Gasteiger partial charge in [0.25, 0.3) is 0 Å². The number of rotatable bonds is 8. The lowest BCUT2D eigenvalue weighted by molar-refractivity contribution is -0.120. The SMILES string of the molecule is CCOc1cc(/C=N\NC(=O)Cc2ccccc2)ccc1OC(=O)c1ccccc1Cl. The molecule has 0 aromatic heterocycles. The Hall–Kier alpha value is -3.64. The number of amides is 1. The van der Waals surface area contributed by atoms with Gasteiger partial charge < -0.3 is 9.47 Å². The van der Waals surface area contributed by atoms with Crippen LogP contribution in [0.1, 0.15) is 28.4 Å². The summed E-state index contributed by atoms with van der Waals surface area (Å²) in [4.78, 5) is 24.4. The van der Waals surface area contributed by atoms with E-state index in [0.29, 0.717) is 22.9 Å². The number of carbonyl (C=O) groups excluding carboxylic acids is 2. The van der Waals surface area contributed by atoms with Gasteiger partial charge in [0.15, 0.2) is 11.5 Å². The first-order valence-corrected chi connectivity index (χ1v) is 10.0. The highest BCUT2D eigenvalue weighted by molar-refractivity contribution is 6.33.